The number of aryl methyl sites for hydroxylation is 1. The summed E-state index contributed by atoms with van der Waals surface area (Å²) < 4.78 is 11.5. The zero-order chi connectivity index (χ0) is 21.3. The average molecular weight is 444 g/mol. The second-order valence-electron chi connectivity index (χ2n) is 7.98. The van der Waals surface area contributed by atoms with Crippen LogP contribution in [0.25, 0.3) is 0 Å². The Morgan fingerprint density at radius 2 is 1.90 bits per heavy atom. The van der Waals surface area contributed by atoms with Crippen LogP contribution in [0.5, 0.6) is 6.01 Å². The van der Waals surface area contributed by atoms with Gasteiger partial charge < -0.3 is 14.4 Å². The molecule has 2 aliphatic rings. The highest BCUT2D eigenvalue weighted by Crippen LogP contribution is 2.19. The summed E-state index contributed by atoms with van der Waals surface area (Å²) in [7, 11) is 0. The summed E-state index contributed by atoms with van der Waals surface area (Å²) in [5.41, 5.74) is 0.789. The Morgan fingerprint density at radius 3 is 2.68 bits per heavy atom. The smallest absolute Gasteiger partial charge is 0.319 e. The third-order valence-electron chi connectivity index (χ3n) is 5.67. The van der Waals surface area contributed by atoms with Gasteiger partial charge in [0.2, 0.25) is 0 Å². The summed E-state index contributed by atoms with van der Waals surface area (Å²) in [4.78, 5) is 21.3. The van der Waals surface area contributed by atoms with Crippen molar-refractivity contribution in [1.82, 2.24) is 14.9 Å². The molecule has 2 saturated heterocycles. The standard InChI is InChI=1S/C23H33N5O2S/c1-2-20-6-7-21(31-20)18-24-17-19-16-22(28-11-13-29-14-12-28)26-23(25-19)30-15-10-27-8-4-3-5-9-27/h6-7,16-17H,2-5,8-15,18H2,1H3. The number of anilines is 1. The van der Waals surface area contributed by atoms with E-state index in [1.54, 1.807) is 0 Å². The number of hydrogen-bond acceptors (Lipinski definition) is 8. The van der Waals surface area contributed by atoms with Gasteiger partial charge in [-0.1, -0.05) is 13.3 Å². The molecule has 168 valence electrons. The molecule has 2 aromatic rings. The van der Waals surface area contributed by atoms with Crippen LogP contribution in [0.4, 0.5) is 5.82 Å². The van der Waals surface area contributed by atoms with Crippen LogP contribution in [0.2, 0.25) is 0 Å². The lowest BCUT2D eigenvalue weighted by molar-refractivity contribution is 0.122. The molecule has 0 aromatic carbocycles. The van der Waals surface area contributed by atoms with Crippen molar-refractivity contribution in [3.05, 3.63) is 33.6 Å². The number of aliphatic imine (C=N–C) groups is 1. The molecule has 0 aliphatic carbocycles. The molecule has 4 rings (SSSR count). The van der Waals surface area contributed by atoms with E-state index in [2.05, 4.69) is 43.8 Å². The molecule has 2 aromatic heterocycles. The van der Waals surface area contributed by atoms with E-state index >= 15 is 0 Å². The second kappa shape index (κ2) is 11.5. The fraction of sp³-hybridized carbons (Fsp3) is 0.609. The lowest BCUT2D eigenvalue weighted by Crippen LogP contribution is -2.37. The Bertz CT molecular complexity index is 844. The number of rotatable bonds is 9. The van der Waals surface area contributed by atoms with Crippen molar-refractivity contribution in [3.8, 4) is 6.01 Å². The molecule has 8 heteroatoms. The molecule has 0 amide bonds. The zero-order valence-electron chi connectivity index (χ0n) is 18.5. The molecular formula is C23H33N5O2S. The van der Waals surface area contributed by atoms with Crippen molar-refractivity contribution in [2.45, 2.75) is 39.2 Å². The molecule has 0 bridgehead atoms. The maximum Gasteiger partial charge on any atom is 0.319 e. The van der Waals surface area contributed by atoms with Gasteiger partial charge in [0.1, 0.15) is 12.4 Å². The molecule has 7 nitrogen and oxygen atoms in total. The molecule has 0 saturated carbocycles. The maximum absolute atomic E-state index is 5.98. The van der Waals surface area contributed by atoms with Gasteiger partial charge in [-0.05, 0) is 44.5 Å². The predicted octanol–water partition coefficient (Wildman–Crippen LogP) is 3.42. The van der Waals surface area contributed by atoms with Gasteiger partial charge in [0.05, 0.1) is 25.5 Å². The fourth-order valence-corrected chi connectivity index (χ4v) is 4.78. The van der Waals surface area contributed by atoms with Gasteiger partial charge in [-0.15, -0.1) is 11.3 Å². The van der Waals surface area contributed by atoms with E-state index in [1.807, 2.05) is 23.6 Å². The third-order valence-corrected chi connectivity index (χ3v) is 6.89. The monoisotopic (exact) mass is 443 g/mol. The van der Waals surface area contributed by atoms with Crippen molar-refractivity contribution in [2.24, 2.45) is 4.99 Å². The highest BCUT2D eigenvalue weighted by Gasteiger charge is 2.16. The number of aromatic nitrogens is 2. The molecule has 31 heavy (non-hydrogen) atoms. The summed E-state index contributed by atoms with van der Waals surface area (Å²) in [6.07, 6.45) is 6.83. The fourth-order valence-electron chi connectivity index (χ4n) is 3.89. The molecule has 2 aliphatic heterocycles. The van der Waals surface area contributed by atoms with E-state index in [9.17, 15) is 0 Å². The number of nitrogens with zero attached hydrogens (tertiary/aromatic N) is 5. The van der Waals surface area contributed by atoms with E-state index in [1.165, 1.54) is 42.1 Å². The Balaban J connectivity index is 1.42. The van der Waals surface area contributed by atoms with Crippen molar-refractivity contribution in [3.63, 3.8) is 0 Å². The molecule has 0 atom stereocenters. The average Bonchev–Trinajstić information content (AvgIpc) is 3.28. The van der Waals surface area contributed by atoms with E-state index in [0.717, 1.165) is 50.8 Å². The van der Waals surface area contributed by atoms with Crippen LogP contribution < -0.4 is 9.64 Å². The van der Waals surface area contributed by atoms with Crippen LogP contribution in [0.3, 0.4) is 0 Å². The Kier molecular flexibility index (Phi) is 8.26. The van der Waals surface area contributed by atoms with Crippen LogP contribution in [-0.4, -0.2) is 73.6 Å². The number of thiophene rings is 1. The molecular weight excluding hydrogens is 410 g/mol. The van der Waals surface area contributed by atoms with Gasteiger partial charge in [-0.2, -0.15) is 9.97 Å². The summed E-state index contributed by atoms with van der Waals surface area (Å²) >= 11 is 1.82. The molecule has 0 spiro atoms. The summed E-state index contributed by atoms with van der Waals surface area (Å²) in [6.45, 7) is 9.81. The summed E-state index contributed by atoms with van der Waals surface area (Å²) in [5.74, 6) is 0.886. The Labute approximate surface area is 189 Å². The van der Waals surface area contributed by atoms with Crippen LogP contribution >= 0.6 is 11.3 Å². The van der Waals surface area contributed by atoms with Gasteiger partial charge in [0.15, 0.2) is 0 Å². The minimum Gasteiger partial charge on any atom is -0.462 e. The van der Waals surface area contributed by atoms with Gasteiger partial charge >= 0.3 is 6.01 Å². The molecule has 0 unspecified atom stereocenters. The van der Waals surface area contributed by atoms with Crippen molar-refractivity contribution in [1.29, 1.82) is 0 Å². The number of ether oxygens (including phenoxy) is 2. The zero-order valence-corrected chi connectivity index (χ0v) is 19.3. The molecule has 0 radical (unpaired) electrons. The van der Waals surface area contributed by atoms with Crippen LogP contribution in [0, 0.1) is 0 Å². The van der Waals surface area contributed by atoms with Gasteiger partial charge in [-0.25, -0.2) is 0 Å². The van der Waals surface area contributed by atoms with Gasteiger partial charge in [0, 0.05) is 41.7 Å². The van der Waals surface area contributed by atoms with E-state index in [0.29, 0.717) is 19.2 Å². The Morgan fingerprint density at radius 1 is 1.10 bits per heavy atom. The first-order chi connectivity index (χ1) is 15.3. The van der Waals surface area contributed by atoms with Crippen molar-refractivity contribution in [2.75, 3.05) is 57.4 Å². The molecule has 2 fully saturated rings. The molecule has 0 N–H and O–H groups in total. The van der Waals surface area contributed by atoms with E-state index < -0.39 is 0 Å². The topological polar surface area (TPSA) is 63.1 Å². The lowest BCUT2D eigenvalue weighted by Gasteiger charge is -2.28. The van der Waals surface area contributed by atoms with Crippen LogP contribution in [0.1, 0.15) is 41.6 Å². The quantitative estimate of drug-likeness (QED) is 0.554. The third kappa shape index (κ3) is 6.72. The molecule has 4 heterocycles. The first-order valence-electron chi connectivity index (χ1n) is 11.4. The van der Waals surface area contributed by atoms with Crippen LogP contribution in [-0.2, 0) is 17.7 Å². The first-order valence-corrected chi connectivity index (χ1v) is 12.3. The minimum absolute atomic E-state index is 0.437. The second-order valence-corrected chi connectivity index (χ2v) is 9.23. The number of piperidine rings is 1. The first kappa shape index (κ1) is 22.2. The van der Waals surface area contributed by atoms with Gasteiger partial charge in [0.25, 0.3) is 0 Å². The highest BCUT2D eigenvalue weighted by molar-refractivity contribution is 7.11. The highest BCUT2D eigenvalue weighted by atomic mass is 32.1. The largest absolute Gasteiger partial charge is 0.462 e. The Hall–Kier alpha value is -2.03. The maximum atomic E-state index is 5.98. The van der Waals surface area contributed by atoms with Gasteiger partial charge in [-0.3, -0.25) is 9.89 Å². The SMILES string of the molecule is CCc1ccc(CN=Cc2cc(N3CCOCC3)nc(OCCN3CCCCC3)n2)s1. The summed E-state index contributed by atoms with van der Waals surface area (Å²) in [5, 5.41) is 0. The van der Waals surface area contributed by atoms with Crippen LogP contribution in [0.15, 0.2) is 23.2 Å². The normalized spacial score (nSPS) is 18.0. The van der Waals surface area contributed by atoms with Crippen molar-refractivity contribution < 1.29 is 9.47 Å². The minimum atomic E-state index is 0.437. The van der Waals surface area contributed by atoms with E-state index in [-0.39, 0.29) is 0 Å². The number of likely N-dealkylation sites (tertiary alicyclic amines) is 1. The predicted molar refractivity (Wildman–Crippen MR) is 126 cm³/mol. The van der Waals surface area contributed by atoms with E-state index in [4.69, 9.17) is 9.47 Å². The number of morpholine rings is 1. The van der Waals surface area contributed by atoms with Crippen molar-refractivity contribution >= 4 is 23.4 Å². The summed E-state index contributed by atoms with van der Waals surface area (Å²) in [6, 6.07) is 6.78. The number of hydrogen-bond donors (Lipinski definition) is 0. The lowest BCUT2D eigenvalue weighted by atomic mass is 10.1.